The van der Waals surface area contributed by atoms with Crippen molar-refractivity contribution in [1.29, 1.82) is 0 Å². The van der Waals surface area contributed by atoms with Crippen molar-refractivity contribution >= 4 is 29.4 Å². The Morgan fingerprint density at radius 1 is 1.00 bits per heavy atom. The van der Waals surface area contributed by atoms with E-state index in [-0.39, 0.29) is 0 Å². The Morgan fingerprint density at radius 3 is 2.33 bits per heavy atom. The highest BCUT2D eigenvalue weighted by Gasteiger charge is 2.02. The van der Waals surface area contributed by atoms with Crippen molar-refractivity contribution in [2.75, 3.05) is 29.3 Å². The van der Waals surface area contributed by atoms with Crippen LogP contribution < -0.4 is 15.1 Å². The number of nitrogens with zero attached hydrogens (tertiary/aromatic N) is 1. The number of rotatable bonds is 13. The Balaban J connectivity index is 1.82. The van der Waals surface area contributed by atoms with Crippen LogP contribution in [0.1, 0.15) is 45.6 Å². The monoisotopic (exact) mass is 425 g/mol. The molecule has 0 radical (unpaired) electrons. The molecule has 0 bridgehead atoms. The molecule has 0 atom stereocenters. The lowest BCUT2D eigenvalue weighted by molar-refractivity contribution is 0.165. The molecule has 0 unspecified atom stereocenters. The number of nitrogens with one attached hydrogen (secondary N) is 2. The number of unbranched alkanes of at least 4 members (excludes halogenated alkanes) is 2. The van der Waals surface area contributed by atoms with Crippen LogP contribution in [0.25, 0.3) is 6.08 Å². The zero-order valence-corrected chi connectivity index (χ0v) is 19.2. The fourth-order valence-electron chi connectivity index (χ4n) is 3.13. The van der Waals surface area contributed by atoms with Gasteiger partial charge in [-0.2, -0.15) is 0 Å². The maximum absolute atomic E-state index is 8.55. The van der Waals surface area contributed by atoms with Crippen LogP contribution in [0, 0.1) is 0 Å². The number of hydrogen-bond acceptors (Lipinski definition) is 5. The highest BCUT2D eigenvalue weighted by atomic mass is 32.2. The number of hydroxylamine groups is 1. The molecule has 0 aliphatic carbocycles. The first-order valence-electron chi connectivity index (χ1n) is 10.8. The van der Waals surface area contributed by atoms with E-state index in [9.17, 15) is 0 Å². The zero-order valence-electron chi connectivity index (χ0n) is 18.4. The minimum Gasteiger partial charge on any atom is -0.372 e. The molecular weight excluding hydrogens is 390 g/mol. The van der Waals surface area contributed by atoms with Crippen LogP contribution in [0.5, 0.6) is 0 Å². The molecule has 0 amide bonds. The summed E-state index contributed by atoms with van der Waals surface area (Å²) in [6.07, 6.45) is 9.64. The number of benzene rings is 2. The second-order valence-corrected chi connectivity index (χ2v) is 8.07. The predicted octanol–water partition coefficient (Wildman–Crippen LogP) is 6.76. The summed E-state index contributed by atoms with van der Waals surface area (Å²) in [5.74, 6) is 0. The first-order chi connectivity index (χ1) is 14.7. The van der Waals surface area contributed by atoms with Gasteiger partial charge in [0.25, 0.3) is 0 Å². The second-order valence-electron chi connectivity index (χ2n) is 7.19. The van der Waals surface area contributed by atoms with Gasteiger partial charge in [-0.1, -0.05) is 35.9 Å². The molecule has 2 aromatic rings. The molecule has 2 aromatic carbocycles. The van der Waals surface area contributed by atoms with E-state index < -0.39 is 0 Å². The summed E-state index contributed by atoms with van der Waals surface area (Å²) in [4.78, 5) is 3.55. The maximum Gasteiger partial charge on any atom is 0.0443 e. The third-order valence-electron chi connectivity index (χ3n) is 4.85. The van der Waals surface area contributed by atoms with E-state index in [1.807, 2.05) is 0 Å². The average molecular weight is 426 g/mol. The van der Waals surface area contributed by atoms with Crippen LogP contribution >= 0.6 is 11.9 Å². The summed E-state index contributed by atoms with van der Waals surface area (Å²) in [6.45, 7) is 9.20. The van der Waals surface area contributed by atoms with Crippen LogP contribution in [0.2, 0.25) is 0 Å². The zero-order chi connectivity index (χ0) is 21.6. The summed E-state index contributed by atoms with van der Waals surface area (Å²) in [6, 6.07) is 17.2. The highest BCUT2D eigenvalue weighted by Crippen LogP contribution is 2.24. The van der Waals surface area contributed by atoms with E-state index in [1.165, 1.54) is 21.7 Å². The summed E-state index contributed by atoms with van der Waals surface area (Å²) in [5, 5.41) is 8.55. The number of allylic oxidation sites excluding steroid dienone is 3. The van der Waals surface area contributed by atoms with Crippen molar-refractivity contribution in [1.82, 2.24) is 5.48 Å². The maximum atomic E-state index is 8.55. The Bertz CT molecular complexity index is 781. The van der Waals surface area contributed by atoms with Gasteiger partial charge in [0.2, 0.25) is 0 Å². The van der Waals surface area contributed by atoms with Gasteiger partial charge in [0.1, 0.15) is 0 Å². The fraction of sp³-hybridized carbons (Fsp3) is 0.360. The summed E-state index contributed by atoms with van der Waals surface area (Å²) in [7, 11) is 0. The van der Waals surface area contributed by atoms with E-state index in [1.54, 1.807) is 11.9 Å². The van der Waals surface area contributed by atoms with Crippen LogP contribution in [0.3, 0.4) is 0 Å². The van der Waals surface area contributed by atoms with Crippen LogP contribution in [-0.4, -0.2) is 24.8 Å². The van der Waals surface area contributed by atoms with Crippen LogP contribution in [-0.2, 0) is 0 Å². The normalized spacial score (nSPS) is 11.8. The summed E-state index contributed by atoms with van der Waals surface area (Å²) >= 11 is 1.63. The Labute approximate surface area is 186 Å². The molecule has 0 fully saturated rings. The summed E-state index contributed by atoms with van der Waals surface area (Å²) in [5.41, 5.74) is 6.98. The molecule has 4 nitrogen and oxygen atoms in total. The Kier molecular flexibility index (Phi) is 11.2. The quantitative estimate of drug-likeness (QED) is 0.143. The molecule has 0 saturated carbocycles. The van der Waals surface area contributed by atoms with Crippen LogP contribution in [0.15, 0.2) is 71.2 Å². The molecular formula is C25H35N3OS. The molecule has 162 valence electrons. The van der Waals surface area contributed by atoms with E-state index in [0.717, 1.165) is 38.0 Å². The van der Waals surface area contributed by atoms with Crippen molar-refractivity contribution in [2.45, 2.75) is 44.9 Å². The molecule has 3 N–H and O–H groups in total. The fourth-order valence-corrected chi connectivity index (χ4v) is 3.77. The minimum absolute atomic E-state index is 0.656. The highest BCUT2D eigenvalue weighted by molar-refractivity contribution is 8.00. The molecule has 0 aliphatic rings. The molecule has 30 heavy (non-hydrogen) atoms. The van der Waals surface area contributed by atoms with Gasteiger partial charge in [0, 0.05) is 35.9 Å². The number of anilines is 2. The van der Waals surface area contributed by atoms with Crippen molar-refractivity contribution in [3.05, 3.63) is 71.8 Å². The SMILES string of the molecule is CCN(CC)c1ccc(SNc2ccc(/C=C(C)/C=C/CCCCNO)cc2)cc1. The minimum atomic E-state index is 0.656. The Hall–Kier alpha value is -2.21. The lowest BCUT2D eigenvalue weighted by Crippen LogP contribution is -2.21. The third-order valence-corrected chi connectivity index (χ3v) is 5.69. The second kappa shape index (κ2) is 13.9. The van der Waals surface area contributed by atoms with Gasteiger partial charge in [-0.05, 0) is 93.9 Å². The standard InChI is InChI=1S/C25H35N3OS/c1-4-28(5-2)24-15-17-25(18-16-24)30-27-23-13-11-22(12-14-23)20-21(3)10-8-6-7-9-19-26-29/h8,10-18,20,26-27,29H,4-7,9,19H2,1-3H3/b10-8+,21-20+. The van der Waals surface area contributed by atoms with Gasteiger partial charge in [-0.25, -0.2) is 5.48 Å². The lowest BCUT2D eigenvalue weighted by Gasteiger charge is -2.21. The largest absolute Gasteiger partial charge is 0.372 e. The van der Waals surface area contributed by atoms with E-state index in [4.69, 9.17) is 5.21 Å². The molecule has 0 heterocycles. The third kappa shape index (κ3) is 8.66. The van der Waals surface area contributed by atoms with Crippen molar-refractivity contribution in [3.63, 3.8) is 0 Å². The average Bonchev–Trinajstić information content (AvgIpc) is 2.77. The topological polar surface area (TPSA) is 47.5 Å². The smallest absolute Gasteiger partial charge is 0.0443 e. The van der Waals surface area contributed by atoms with Crippen LogP contribution in [0.4, 0.5) is 11.4 Å². The van der Waals surface area contributed by atoms with E-state index in [0.29, 0.717) is 6.54 Å². The van der Waals surface area contributed by atoms with E-state index >= 15 is 0 Å². The predicted molar refractivity (Wildman–Crippen MR) is 132 cm³/mol. The first kappa shape index (κ1) is 24.1. The molecule has 2 rings (SSSR count). The van der Waals surface area contributed by atoms with Gasteiger partial charge < -0.3 is 14.8 Å². The van der Waals surface area contributed by atoms with Crippen molar-refractivity contribution < 1.29 is 5.21 Å². The molecule has 0 aromatic heterocycles. The molecule has 0 saturated heterocycles. The van der Waals surface area contributed by atoms with Gasteiger partial charge >= 0.3 is 0 Å². The van der Waals surface area contributed by atoms with Gasteiger partial charge in [0.15, 0.2) is 0 Å². The molecule has 0 spiro atoms. The molecule has 0 aliphatic heterocycles. The van der Waals surface area contributed by atoms with Crippen molar-refractivity contribution in [2.24, 2.45) is 0 Å². The first-order valence-corrected chi connectivity index (χ1v) is 11.6. The van der Waals surface area contributed by atoms with Gasteiger partial charge in [-0.15, -0.1) is 0 Å². The number of hydrogen-bond donors (Lipinski definition) is 3. The lowest BCUT2D eigenvalue weighted by atomic mass is 10.1. The molecule has 5 heteroatoms. The van der Waals surface area contributed by atoms with Gasteiger partial charge in [-0.3, -0.25) is 0 Å². The van der Waals surface area contributed by atoms with E-state index in [2.05, 4.69) is 103 Å². The van der Waals surface area contributed by atoms with Gasteiger partial charge in [0.05, 0.1) is 0 Å². The summed E-state index contributed by atoms with van der Waals surface area (Å²) < 4.78 is 3.42. The van der Waals surface area contributed by atoms with Crippen molar-refractivity contribution in [3.8, 4) is 0 Å². The Morgan fingerprint density at radius 2 is 1.70 bits per heavy atom.